The van der Waals surface area contributed by atoms with Crippen molar-refractivity contribution in [3.63, 3.8) is 0 Å². The zero-order valence-corrected chi connectivity index (χ0v) is 17.1. The highest BCUT2D eigenvalue weighted by atomic mass is 16.6. The van der Waals surface area contributed by atoms with Gasteiger partial charge in [0.25, 0.3) is 11.6 Å². The Morgan fingerprint density at radius 1 is 1.25 bits per heavy atom. The van der Waals surface area contributed by atoms with Crippen molar-refractivity contribution in [3.8, 4) is 5.75 Å². The summed E-state index contributed by atoms with van der Waals surface area (Å²) in [6.07, 6.45) is 3.01. The molecule has 0 unspecified atom stereocenters. The minimum atomic E-state index is -0.464. The second kappa shape index (κ2) is 9.84. The van der Waals surface area contributed by atoms with Crippen molar-refractivity contribution < 1.29 is 19.2 Å². The zero-order chi connectivity index (χ0) is 22.3. The summed E-state index contributed by atoms with van der Waals surface area (Å²) in [5.74, 6) is 0.0326. The molecule has 10 heteroatoms. The van der Waals surface area contributed by atoms with Gasteiger partial charge in [0, 0.05) is 36.3 Å². The van der Waals surface area contributed by atoms with Crippen LogP contribution in [0.25, 0.3) is 10.9 Å². The van der Waals surface area contributed by atoms with Crippen LogP contribution in [0.15, 0.2) is 59.8 Å². The number of morpholine rings is 1. The molecule has 1 fully saturated rings. The summed E-state index contributed by atoms with van der Waals surface area (Å²) in [6, 6.07) is 14.0. The summed E-state index contributed by atoms with van der Waals surface area (Å²) >= 11 is 0. The molecule has 0 spiro atoms. The molecule has 164 valence electrons. The maximum Gasteiger partial charge on any atom is 0.293 e. The van der Waals surface area contributed by atoms with Crippen LogP contribution < -0.4 is 15.1 Å². The van der Waals surface area contributed by atoms with Crippen LogP contribution in [0.1, 0.15) is 5.56 Å². The average molecular weight is 435 g/mol. The minimum absolute atomic E-state index is 0.0195. The number of fused-ring (bicyclic) bond motifs is 1. The predicted octanol–water partition coefficient (Wildman–Crippen LogP) is 2.51. The van der Waals surface area contributed by atoms with Gasteiger partial charge in [0.05, 0.1) is 24.4 Å². The Morgan fingerprint density at radius 2 is 2.06 bits per heavy atom. The molecule has 0 saturated carbocycles. The second-order valence-corrected chi connectivity index (χ2v) is 7.02. The molecule has 1 aromatic heterocycles. The number of pyridine rings is 1. The van der Waals surface area contributed by atoms with Gasteiger partial charge in [0.15, 0.2) is 6.61 Å². The van der Waals surface area contributed by atoms with E-state index in [1.807, 2.05) is 29.2 Å². The number of aromatic nitrogens is 1. The van der Waals surface area contributed by atoms with Crippen LogP contribution in [0.2, 0.25) is 0 Å². The van der Waals surface area contributed by atoms with Crippen LogP contribution in [-0.4, -0.2) is 54.9 Å². The third kappa shape index (κ3) is 4.98. The number of hydrazone groups is 1. The SMILES string of the molecule is O=C(COc1cccc2cccnc12)N/N=C\c1ccc(N2CCOCC2)c([N+](=O)[O-])c1. The summed E-state index contributed by atoms with van der Waals surface area (Å²) < 4.78 is 10.9. The largest absolute Gasteiger partial charge is 0.481 e. The quantitative estimate of drug-likeness (QED) is 0.344. The van der Waals surface area contributed by atoms with E-state index in [0.29, 0.717) is 48.8 Å². The first-order valence-corrected chi connectivity index (χ1v) is 10.0. The van der Waals surface area contributed by atoms with Crippen LogP contribution >= 0.6 is 0 Å². The van der Waals surface area contributed by atoms with Gasteiger partial charge in [-0.15, -0.1) is 0 Å². The lowest BCUT2D eigenvalue weighted by atomic mass is 10.1. The highest BCUT2D eigenvalue weighted by molar-refractivity contribution is 5.86. The highest BCUT2D eigenvalue weighted by Crippen LogP contribution is 2.29. The molecule has 1 aliphatic rings. The molecule has 1 saturated heterocycles. The average Bonchev–Trinajstić information content (AvgIpc) is 2.83. The van der Waals surface area contributed by atoms with Crippen LogP contribution in [0.3, 0.4) is 0 Å². The monoisotopic (exact) mass is 435 g/mol. The number of carbonyl (C=O) groups excluding carboxylic acids is 1. The second-order valence-electron chi connectivity index (χ2n) is 7.02. The maximum atomic E-state index is 12.1. The van der Waals surface area contributed by atoms with Gasteiger partial charge in [0.1, 0.15) is 17.0 Å². The van der Waals surface area contributed by atoms with Crippen molar-refractivity contribution in [1.82, 2.24) is 10.4 Å². The number of hydrogen-bond acceptors (Lipinski definition) is 8. The fourth-order valence-electron chi connectivity index (χ4n) is 3.39. The molecule has 0 radical (unpaired) electrons. The number of nitro groups is 1. The van der Waals surface area contributed by atoms with Crippen molar-refractivity contribution in [1.29, 1.82) is 0 Å². The molecule has 1 amide bonds. The van der Waals surface area contributed by atoms with Crippen molar-refractivity contribution in [2.24, 2.45) is 5.10 Å². The minimum Gasteiger partial charge on any atom is -0.481 e. The lowest BCUT2D eigenvalue weighted by Gasteiger charge is -2.28. The van der Waals surface area contributed by atoms with E-state index >= 15 is 0 Å². The molecule has 2 heterocycles. The summed E-state index contributed by atoms with van der Waals surface area (Å²) in [7, 11) is 0. The number of para-hydroxylation sites is 1. The number of rotatable bonds is 7. The molecular formula is C22H21N5O5. The molecule has 4 rings (SSSR count). The van der Waals surface area contributed by atoms with Crippen molar-refractivity contribution in [2.75, 3.05) is 37.8 Å². The first-order chi connectivity index (χ1) is 15.6. The van der Waals surface area contributed by atoms with Gasteiger partial charge >= 0.3 is 0 Å². The number of nitro benzene ring substituents is 1. The van der Waals surface area contributed by atoms with E-state index in [2.05, 4.69) is 15.5 Å². The highest BCUT2D eigenvalue weighted by Gasteiger charge is 2.21. The van der Waals surface area contributed by atoms with E-state index in [-0.39, 0.29) is 12.3 Å². The number of anilines is 1. The summed E-state index contributed by atoms with van der Waals surface area (Å²) in [6.45, 7) is 2.00. The summed E-state index contributed by atoms with van der Waals surface area (Å²) in [5.41, 5.74) is 4.04. The first-order valence-electron chi connectivity index (χ1n) is 10.0. The Labute approximate surface area is 183 Å². The molecule has 32 heavy (non-hydrogen) atoms. The topological polar surface area (TPSA) is 119 Å². The molecular weight excluding hydrogens is 414 g/mol. The number of ether oxygens (including phenoxy) is 2. The van der Waals surface area contributed by atoms with Gasteiger partial charge in [-0.05, 0) is 18.2 Å². The van der Waals surface area contributed by atoms with Crippen molar-refractivity contribution in [3.05, 3.63) is 70.4 Å². The van der Waals surface area contributed by atoms with E-state index < -0.39 is 10.8 Å². The zero-order valence-electron chi connectivity index (χ0n) is 17.1. The van der Waals surface area contributed by atoms with Crippen LogP contribution in [0, 0.1) is 10.1 Å². The molecule has 10 nitrogen and oxygen atoms in total. The smallest absolute Gasteiger partial charge is 0.293 e. The Kier molecular flexibility index (Phi) is 6.52. The molecule has 0 aliphatic carbocycles. The fourth-order valence-corrected chi connectivity index (χ4v) is 3.39. The first kappa shape index (κ1) is 21.2. The van der Waals surface area contributed by atoms with Crippen LogP contribution in [0.4, 0.5) is 11.4 Å². The lowest BCUT2D eigenvalue weighted by molar-refractivity contribution is -0.384. The number of amides is 1. The standard InChI is InChI=1S/C22H21N5O5/c28-21(15-32-20-5-1-3-17-4-2-8-23-22(17)20)25-24-14-16-6-7-18(19(13-16)27(29)30)26-9-11-31-12-10-26/h1-8,13-14H,9-12,15H2,(H,25,28)/b24-14-. The van der Waals surface area contributed by atoms with Gasteiger partial charge in [-0.25, -0.2) is 5.43 Å². The number of nitrogens with zero attached hydrogens (tertiary/aromatic N) is 4. The summed E-state index contributed by atoms with van der Waals surface area (Å²) in [5, 5.41) is 16.3. The summed E-state index contributed by atoms with van der Waals surface area (Å²) in [4.78, 5) is 29.4. The number of nitrogens with one attached hydrogen (secondary N) is 1. The Morgan fingerprint density at radius 3 is 2.88 bits per heavy atom. The van der Waals surface area contributed by atoms with E-state index in [4.69, 9.17) is 9.47 Å². The van der Waals surface area contributed by atoms with Gasteiger partial charge in [0.2, 0.25) is 0 Å². The molecule has 2 aromatic carbocycles. The lowest BCUT2D eigenvalue weighted by Crippen LogP contribution is -2.36. The Hall–Kier alpha value is -4.05. The van der Waals surface area contributed by atoms with E-state index in [0.717, 1.165) is 5.39 Å². The van der Waals surface area contributed by atoms with Gasteiger partial charge in [-0.3, -0.25) is 19.9 Å². The normalized spacial score (nSPS) is 13.9. The molecule has 0 bridgehead atoms. The van der Waals surface area contributed by atoms with Gasteiger partial charge in [-0.2, -0.15) is 5.10 Å². The van der Waals surface area contributed by atoms with Crippen molar-refractivity contribution >= 4 is 34.4 Å². The van der Waals surface area contributed by atoms with E-state index in [1.165, 1.54) is 12.3 Å². The molecule has 3 aromatic rings. The third-order valence-electron chi connectivity index (χ3n) is 4.91. The van der Waals surface area contributed by atoms with E-state index in [9.17, 15) is 14.9 Å². The number of hydrogen-bond donors (Lipinski definition) is 1. The predicted molar refractivity (Wildman–Crippen MR) is 119 cm³/mol. The number of carbonyl (C=O) groups is 1. The third-order valence-corrected chi connectivity index (χ3v) is 4.91. The van der Waals surface area contributed by atoms with E-state index in [1.54, 1.807) is 24.4 Å². The Bertz CT molecular complexity index is 1160. The van der Waals surface area contributed by atoms with Crippen molar-refractivity contribution in [2.45, 2.75) is 0 Å². The molecule has 0 atom stereocenters. The van der Waals surface area contributed by atoms with Gasteiger partial charge < -0.3 is 14.4 Å². The van der Waals surface area contributed by atoms with Gasteiger partial charge in [-0.1, -0.05) is 24.3 Å². The fraction of sp³-hybridized carbons (Fsp3) is 0.227. The maximum absolute atomic E-state index is 12.1. The Balaban J connectivity index is 1.37. The van der Waals surface area contributed by atoms with Crippen LogP contribution in [0.5, 0.6) is 5.75 Å². The number of benzene rings is 2. The molecule has 1 aliphatic heterocycles. The van der Waals surface area contributed by atoms with Crippen LogP contribution in [-0.2, 0) is 9.53 Å². The molecule has 1 N–H and O–H groups in total.